The van der Waals surface area contributed by atoms with Crippen LogP contribution in [0.2, 0.25) is 0 Å². The number of carboxylic acid groups (broad SMARTS) is 1. The summed E-state index contributed by atoms with van der Waals surface area (Å²) in [5.41, 5.74) is 0. The summed E-state index contributed by atoms with van der Waals surface area (Å²) in [5, 5.41) is 26.8. The van der Waals surface area contributed by atoms with Crippen LogP contribution in [0.15, 0.2) is 0 Å². The lowest BCUT2D eigenvalue weighted by atomic mass is 9.83. The lowest BCUT2D eigenvalue weighted by Gasteiger charge is -2.30. The molecule has 0 bridgehead atoms. The van der Waals surface area contributed by atoms with Gasteiger partial charge in [0.1, 0.15) is 0 Å². The maximum absolute atomic E-state index is 10.4. The van der Waals surface area contributed by atoms with Crippen LogP contribution in [0.4, 0.5) is 0 Å². The molecule has 4 nitrogen and oxygen atoms in total. The molecule has 0 aromatic carbocycles. The zero-order chi connectivity index (χ0) is 9.19. The minimum absolute atomic E-state index is 0.497. The molecule has 0 spiro atoms. The molecule has 1 fully saturated rings. The van der Waals surface area contributed by atoms with Crippen molar-refractivity contribution in [2.75, 3.05) is 0 Å². The first-order valence-electron chi connectivity index (χ1n) is 4.23. The van der Waals surface area contributed by atoms with Gasteiger partial charge in [0.25, 0.3) is 5.79 Å². The average molecular weight is 174 g/mol. The maximum Gasteiger partial charge on any atom is 0.364 e. The number of hydrogen-bond acceptors (Lipinski definition) is 3. The van der Waals surface area contributed by atoms with Crippen molar-refractivity contribution in [1.29, 1.82) is 0 Å². The second kappa shape index (κ2) is 3.41. The zero-order valence-corrected chi connectivity index (χ0v) is 6.86. The Balaban J connectivity index is 2.59. The largest absolute Gasteiger partial charge is 0.477 e. The molecule has 1 saturated carbocycles. The number of carbonyl (C=O) groups is 1. The second-order valence-corrected chi connectivity index (χ2v) is 3.37. The predicted octanol–water partition coefficient (Wildman–Crippen LogP) is 0.332. The van der Waals surface area contributed by atoms with E-state index < -0.39 is 17.7 Å². The third kappa shape index (κ3) is 1.76. The van der Waals surface area contributed by atoms with Crippen LogP contribution in [0.5, 0.6) is 0 Å². The van der Waals surface area contributed by atoms with E-state index in [9.17, 15) is 15.0 Å². The van der Waals surface area contributed by atoms with E-state index in [0.29, 0.717) is 12.8 Å². The van der Waals surface area contributed by atoms with Gasteiger partial charge in [-0.3, -0.25) is 0 Å². The molecule has 1 rings (SSSR count). The molecule has 0 amide bonds. The van der Waals surface area contributed by atoms with Gasteiger partial charge in [-0.15, -0.1) is 0 Å². The summed E-state index contributed by atoms with van der Waals surface area (Å²) < 4.78 is 0. The average Bonchev–Trinajstić information content (AvgIpc) is 2.06. The first kappa shape index (κ1) is 9.48. The Labute approximate surface area is 70.8 Å². The van der Waals surface area contributed by atoms with Gasteiger partial charge in [0.15, 0.2) is 0 Å². The fourth-order valence-electron chi connectivity index (χ4n) is 1.68. The van der Waals surface area contributed by atoms with Crippen LogP contribution >= 0.6 is 0 Å². The summed E-state index contributed by atoms with van der Waals surface area (Å²) in [7, 11) is 0. The molecule has 0 saturated heterocycles. The molecular weight excluding hydrogens is 160 g/mol. The third-order valence-electron chi connectivity index (χ3n) is 2.49. The highest BCUT2D eigenvalue weighted by Crippen LogP contribution is 2.31. The Hall–Kier alpha value is -0.610. The summed E-state index contributed by atoms with van der Waals surface area (Å²) in [6.07, 6.45) is 4.03. The predicted molar refractivity (Wildman–Crippen MR) is 41.4 cm³/mol. The number of aliphatic carboxylic acids is 1. The molecule has 12 heavy (non-hydrogen) atoms. The van der Waals surface area contributed by atoms with Crippen molar-refractivity contribution in [3.63, 3.8) is 0 Å². The second-order valence-electron chi connectivity index (χ2n) is 3.37. The van der Waals surface area contributed by atoms with E-state index >= 15 is 0 Å². The van der Waals surface area contributed by atoms with Crippen LogP contribution in [0, 0.1) is 5.92 Å². The molecule has 4 heteroatoms. The summed E-state index contributed by atoms with van der Waals surface area (Å²) in [6, 6.07) is 0. The Bertz CT molecular complexity index is 170. The van der Waals surface area contributed by atoms with E-state index in [1.165, 1.54) is 0 Å². The van der Waals surface area contributed by atoms with Crippen LogP contribution in [0.25, 0.3) is 0 Å². The number of hydrogen-bond donors (Lipinski definition) is 3. The Morgan fingerprint density at radius 1 is 1.17 bits per heavy atom. The summed E-state index contributed by atoms with van der Waals surface area (Å²) in [5.74, 6) is -4.54. The molecule has 0 atom stereocenters. The smallest absolute Gasteiger partial charge is 0.364 e. The van der Waals surface area contributed by atoms with Crippen LogP contribution < -0.4 is 0 Å². The third-order valence-corrected chi connectivity index (χ3v) is 2.49. The molecule has 0 unspecified atom stereocenters. The van der Waals surface area contributed by atoms with Gasteiger partial charge in [-0.2, -0.15) is 0 Å². The Morgan fingerprint density at radius 3 is 2.08 bits per heavy atom. The number of aliphatic hydroxyl groups is 2. The van der Waals surface area contributed by atoms with E-state index in [4.69, 9.17) is 5.11 Å². The molecule has 3 N–H and O–H groups in total. The van der Waals surface area contributed by atoms with Gasteiger partial charge in [0.2, 0.25) is 0 Å². The molecule has 0 heterocycles. The quantitative estimate of drug-likeness (QED) is 0.527. The van der Waals surface area contributed by atoms with Gasteiger partial charge in [-0.05, 0) is 12.8 Å². The standard InChI is InChI=1S/C8H14O4/c9-7(10)8(11,12)6-4-2-1-3-5-6/h6,11-12H,1-5H2,(H,9,10). The fourth-order valence-corrected chi connectivity index (χ4v) is 1.68. The minimum atomic E-state index is -2.51. The molecule has 0 aliphatic heterocycles. The molecular formula is C8H14O4. The number of rotatable bonds is 2. The molecule has 0 radical (unpaired) electrons. The van der Waals surface area contributed by atoms with Gasteiger partial charge >= 0.3 is 5.97 Å². The van der Waals surface area contributed by atoms with Crippen molar-refractivity contribution in [3.05, 3.63) is 0 Å². The van der Waals surface area contributed by atoms with Crippen LogP contribution in [-0.2, 0) is 4.79 Å². The van der Waals surface area contributed by atoms with Gasteiger partial charge in [0.05, 0.1) is 0 Å². The van der Waals surface area contributed by atoms with Crippen molar-refractivity contribution in [2.24, 2.45) is 5.92 Å². The van der Waals surface area contributed by atoms with E-state index in [1.807, 2.05) is 0 Å². The first-order valence-corrected chi connectivity index (χ1v) is 4.23. The minimum Gasteiger partial charge on any atom is -0.477 e. The lowest BCUT2D eigenvalue weighted by molar-refractivity contribution is -0.225. The van der Waals surface area contributed by atoms with Crippen LogP contribution in [-0.4, -0.2) is 27.1 Å². The van der Waals surface area contributed by atoms with E-state index in [1.54, 1.807) is 0 Å². The van der Waals surface area contributed by atoms with Crippen molar-refractivity contribution in [3.8, 4) is 0 Å². The van der Waals surface area contributed by atoms with Crippen LogP contribution in [0.3, 0.4) is 0 Å². The molecule has 70 valence electrons. The SMILES string of the molecule is O=C(O)C(O)(O)C1CCCCC1. The van der Waals surface area contributed by atoms with E-state index in [-0.39, 0.29) is 0 Å². The summed E-state index contributed by atoms with van der Waals surface area (Å²) in [4.78, 5) is 10.4. The van der Waals surface area contributed by atoms with Crippen molar-refractivity contribution in [1.82, 2.24) is 0 Å². The Morgan fingerprint density at radius 2 is 1.67 bits per heavy atom. The summed E-state index contributed by atoms with van der Waals surface area (Å²) in [6.45, 7) is 0. The topological polar surface area (TPSA) is 77.8 Å². The first-order chi connectivity index (χ1) is 5.55. The molecule has 1 aliphatic rings. The van der Waals surface area contributed by atoms with Crippen molar-refractivity contribution < 1.29 is 20.1 Å². The highest BCUT2D eigenvalue weighted by atomic mass is 16.5. The number of carboxylic acids is 1. The van der Waals surface area contributed by atoms with Gasteiger partial charge in [0, 0.05) is 5.92 Å². The monoisotopic (exact) mass is 174 g/mol. The van der Waals surface area contributed by atoms with E-state index in [2.05, 4.69) is 0 Å². The normalized spacial score (nSPS) is 20.8. The van der Waals surface area contributed by atoms with Crippen LogP contribution in [0.1, 0.15) is 32.1 Å². The molecule has 1 aliphatic carbocycles. The van der Waals surface area contributed by atoms with Gasteiger partial charge < -0.3 is 15.3 Å². The molecule has 0 aromatic rings. The maximum atomic E-state index is 10.4. The highest BCUT2D eigenvalue weighted by Gasteiger charge is 2.42. The summed E-state index contributed by atoms with van der Waals surface area (Å²) >= 11 is 0. The lowest BCUT2D eigenvalue weighted by Crippen LogP contribution is -2.46. The fraction of sp³-hybridized carbons (Fsp3) is 0.875. The molecule has 0 aromatic heterocycles. The Kier molecular flexibility index (Phi) is 2.69. The zero-order valence-electron chi connectivity index (χ0n) is 6.86. The van der Waals surface area contributed by atoms with Gasteiger partial charge in [-0.25, -0.2) is 4.79 Å². The van der Waals surface area contributed by atoms with E-state index in [0.717, 1.165) is 19.3 Å². The van der Waals surface area contributed by atoms with Gasteiger partial charge in [-0.1, -0.05) is 19.3 Å². The van der Waals surface area contributed by atoms with Crippen molar-refractivity contribution >= 4 is 5.97 Å². The van der Waals surface area contributed by atoms with Crippen molar-refractivity contribution in [2.45, 2.75) is 37.9 Å². The highest BCUT2D eigenvalue weighted by molar-refractivity contribution is 5.75.